The van der Waals surface area contributed by atoms with Crippen molar-refractivity contribution < 1.29 is 27.1 Å². The molecule has 3 fully saturated rings. The van der Waals surface area contributed by atoms with Crippen molar-refractivity contribution in [3.8, 4) is 0 Å². The third kappa shape index (κ3) is 5.65. The molecule has 0 bridgehead atoms. The Labute approximate surface area is 216 Å². The van der Waals surface area contributed by atoms with E-state index in [0.717, 1.165) is 12.8 Å². The lowest BCUT2D eigenvalue weighted by atomic mass is 10.1. The number of nitrogens with zero attached hydrogens (tertiary/aromatic N) is 3. The number of anilines is 2. The Kier molecular flexibility index (Phi) is 7.22. The second-order valence-corrected chi connectivity index (χ2v) is 12.0. The van der Waals surface area contributed by atoms with E-state index in [9.17, 15) is 22.4 Å². The first-order valence-electron chi connectivity index (χ1n) is 12.8. The fraction of sp³-hybridized carbons (Fsp3) is 0.481. The van der Waals surface area contributed by atoms with E-state index in [1.807, 2.05) is 4.90 Å². The summed E-state index contributed by atoms with van der Waals surface area (Å²) in [6, 6.07) is 9.37. The van der Waals surface area contributed by atoms with Crippen molar-refractivity contribution >= 4 is 32.9 Å². The molecule has 1 aliphatic carbocycles. The van der Waals surface area contributed by atoms with Crippen LogP contribution in [0.2, 0.25) is 0 Å². The first-order valence-corrected chi connectivity index (χ1v) is 14.4. The number of halogens is 1. The summed E-state index contributed by atoms with van der Waals surface area (Å²) in [5, 5.41) is 0. The highest BCUT2D eigenvalue weighted by molar-refractivity contribution is 7.91. The van der Waals surface area contributed by atoms with Gasteiger partial charge in [0.25, 0.3) is 5.91 Å². The van der Waals surface area contributed by atoms with Crippen LogP contribution in [0.3, 0.4) is 0 Å². The predicted molar refractivity (Wildman–Crippen MR) is 139 cm³/mol. The number of morpholine rings is 1. The van der Waals surface area contributed by atoms with E-state index in [2.05, 4.69) is 4.90 Å². The van der Waals surface area contributed by atoms with Crippen LogP contribution in [0.1, 0.15) is 40.5 Å². The van der Waals surface area contributed by atoms with Gasteiger partial charge in [-0.3, -0.25) is 9.59 Å². The minimum absolute atomic E-state index is 0.115. The molecule has 2 heterocycles. The molecule has 0 unspecified atom stereocenters. The summed E-state index contributed by atoms with van der Waals surface area (Å²) < 4.78 is 46.1. The van der Waals surface area contributed by atoms with Gasteiger partial charge in [0.1, 0.15) is 5.82 Å². The van der Waals surface area contributed by atoms with Gasteiger partial charge in [0.2, 0.25) is 0 Å². The van der Waals surface area contributed by atoms with Crippen molar-refractivity contribution in [3.63, 3.8) is 0 Å². The summed E-state index contributed by atoms with van der Waals surface area (Å²) in [4.78, 5) is 31.1. The van der Waals surface area contributed by atoms with E-state index in [0.29, 0.717) is 75.0 Å². The van der Waals surface area contributed by atoms with Crippen LogP contribution in [-0.2, 0) is 14.6 Å². The average molecular weight is 530 g/mol. The molecular weight excluding hydrogens is 497 g/mol. The summed E-state index contributed by atoms with van der Waals surface area (Å²) in [7, 11) is -3.48. The maximum absolute atomic E-state index is 14.7. The fourth-order valence-electron chi connectivity index (χ4n) is 4.95. The molecule has 8 nitrogen and oxygen atoms in total. The maximum atomic E-state index is 14.7. The van der Waals surface area contributed by atoms with E-state index >= 15 is 0 Å². The highest BCUT2D eigenvalue weighted by Crippen LogP contribution is 2.34. The van der Waals surface area contributed by atoms with Crippen molar-refractivity contribution in [3.05, 3.63) is 53.3 Å². The highest BCUT2D eigenvalue weighted by Gasteiger charge is 2.32. The van der Waals surface area contributed by atoms with Crippen LogP contribution in [0.5, 0.6) is 0 Å². The third-order valence-corrected chi connectivity index (χ3v) is 9.21. The number of ketones is 1. The van der Waals surface area contributed by atoms with Gasteiger partial charge in [-0.15, -0.1) is 0 Å². The molecule has 0 atom stereocenters. The Hall–Kier alpha value is -2.98. The van der Waals surface area contributed by atoms with Crippen LogP contribution in [0.25, 0.3) is 0 Å². The minimum Gasteiger partial charge on any atom is -0.378 e. The molecule has 0 spiro atoms. The molecule has 0 radical (unpaired) electrons. The number of hydrogen-bond acceptors (Lipinski definition) is 7. The van der Waals surface area contributed by atoms with Crippen LogP contribution in [0.4, 0.5) is 15.8 Å². The monoisotopic (exact) mass is 529 g/mol. The van der Waals surface area contributed by atoms with Crippen LogP contribution in [0, 0.1) is 11.7 Å². The third-order valence-electron chi connectivity index (χ3n) is 7.32. The Morgan fingerprint density at radius 3 is 2.19 bits per heavy atom. The quantitative estimate of drug-likeness (QED) is 0.510. The van der Waals surface area contributed by atoms with Crippen LogP contribution in [-0.4, -0.2) is 83.2 Å². The summed E-state index contributed by atoms with van der Waals surface area (Å²) >= 11 is 0. The van der Waals surface area contributed by atoms with Crippen molar-refractivity contribution in [1.82, 2.24) is 4.90 Å². The van der Waals surface area contributed by atoms with Gasteiger partial charge in [-0.2, -0.15) is 0 Å². The Morgan fingerprint density at radius 1 is 0.919 bits per heavy atom. The van der Waals surface area contributed by atoms with Gasteiger partial charge in [0, 0.05) is 50.5 Å². The second-order valence-electron chi connectivity index (χ2n) is 10.0. The molecule has 0 N–H and O–H groups in total. The zero-order valence-electron chi connectivity index (χ0n) is 21.0. The number of ether oxygens (including phenoxy) is 1. The molecular formula is C27H32FN3O5S. The molecule has 2 aromatic carbocycles. The topological polar surface area (TPSA) is 87.2 Å². The van der Waals surface area contributed by atoms with Gasteiger partial charge in [-0.1, -0.05) is 0 Å². The Morgan fingerprint density at radius 2 is 1.57 bits per heavy atom. The summed E-state index contributed by atoms with van der Waals surface area (Å²) in [6.07, 6.45) is 1.86. The lowest BCUT2D eigenvalue weighted by Gasteiger charge is -2.37. The van der Waals surface area contributed by atoms with E-state index in [-0.39, 0.29) is 28.3 Å². The number of Topliss-reactive ketones (excluding diaryl/α,β-unsaturated/α-hetero) is 1. The number of carbonyl (C=O) groups excluding carboxylic acids is 2. The van der Waals surface area contributed by atoms with E-state index in [1.54, 1.807) is 29.2 Å². The standard InChI is InChI=1S/C27H32FN3O5S/c1-19(32)21-4-6-26(24(28)16-21)29-8-10-31(11-9-29)27(33)23-17-22(37(34,35)18-20-2-3-20)5-7-25(23)30-12-14-36-15-13-30/h4-7,16-17,20H,2-3,8-15,18H2,1H3. The Balaban J connectivity index is 1.36. The van der Waals surface area contributed by atoms with Crippen molar-refractivity contribution in [1.29, 1.82) is 0 Å². The SMILES string of the molecule is CC(=O)c1ccc(N2CCN(C(=O)c3cc(S(=O)(=O)CC4CC4)ccc3N3CCOCC3)CC2)c(F)c1. The maximum Gasteiger partial charge on any atom is 0.256 e. The lowest BCUT2D eigenvalue weighted by Crippen LogP contribution is -2.49. The van der Waals surface area contributed by atoms with E-state index in [1.165, 1.54) is 19.1 Å². The minimum atomic E-state index is -3.48. The van der Waals surface area contributed by atoms with E-state index in [4.69, 9.17) is 4.74 Å². The van der Waals surface area contributed by atoms with Gasteiger partial charge in [0.05, 0.1) is 35.1 Å². The summed E-state index contributed by atoms with van der Waals surface area (Å²) in [6.45, 7) is 5.32. The number of hydrogen-bond donors (Lipinski definition) is 0. The molecule has 3 aliphatic rings. The summed E-state index contributed by atoms with van der Waals surface area (Å²) in [5.74, 6) is -0.559. The smallest absolute Gasteiger partial charge is 0.256 e. The molecule has 10 heteroatoms. The van der Waals surface area contributed by atoms with Crippen LogP contribution < -0.4 is 9.80 Å². The number of amides is 1. The molecule has 1 amide bonds. The van der Waals surface area contributed by atoms with Crippen molar-refractivity contribution in [2.45, 2.75) is 24.7 Å². The fourth-order valence-corrected chi connectivity index (χ4v) is 6.67. The lowest BCUT2D eigenvalue weighted by molar-refractivity contribution is 0.0745. The molecule has 37 heavy (non-hydrogen) atoms. The van der Waals surface area contributed by atoms with Gasteiger partial charge in [-0.25, -0.2) is 12.8 Å². The number of piperazine rings is 1. The van der Waals surface area contributed by atoms with Crippen LogP contribution in [0.15, 0.2) is 41.3 Å². The normalized spacial score (nSPS) is 18.7. The molecule has 0 aromatic heterocycles. The van der Waals surface area contributed by atoms with Gasteiger partial charge in [-0.05, 0) is 62.1 Å². The number of carbonyl (C=O) groups is 2. The van der Waals surface area contributed by atoms with Gasteiger partial charge in [0.15, 0.2) is 15.6 Å². The molecule has 2 saturated heterocycles. The van der Waals surface area contributed by atoms with Crippen molar-refractivity contribution in [2.75, 3.05) is 68.0 Å². The summed E-state index contributed by atoms with van der Waals surface area (Å²) in [5.41, 5.74) is 1.82. The zero-order chi connectivity index (χ0) is 26.2. The zero-order valence-corrected chi connectivity index (χ0v) is 21.8. The van der Waals surface area contributed by atoms with E-state index < -0.39 is 15.7 Å². The molecule has 1 saturated carbocycles. The van der Waals surface area contributed by atoms with Crippen LogP contribution >= 0.6 is 0 Å². The number of rotatable bonds is 7. The molecule has 5 rings (SSSR count). The number of benzene rings is 2. The van der Waals surface area contributed by atoms with Gasteiger partial charge >= 0.3 is 0 Å². The molecule has 198 valence electrons. The second kappa shape index (κ2) is 10.4. The largest absolute Gasteiger partial charge is 0.378 e. The number of sulfone groups is 1. The molecule has 2 aliphatic heterocycles. The first kappa shape index (κ1) is 25.7. The predicted octanol–water partition coefficient (Wildman–Crippen LogP) is 3.01. The Bertz CT molecular complexity index is 1300. The average Bonchev–Trinajstić information content (AvgIpc) is 3.72. The molecule has 2 aromatic rings. The van der Waals surface area contributed by atoms with Gasteiger partial charge < -0.3 is 19.4 Å². The first-order chi connectivity index (χ1) is 17.7. The van der Waals surface area contributed by atoms with Crippen molar-refractivity contribution in [2.24, 2.45) is 5.92 Å². The highest BCUT2D eigenvalue weighted by atomic mass is 32.2.